The lowest BCUT2D eigenvalue weighted by Gasteiger charge is -2.55. The van der Waals surface area contributed by atoms with E-state index in [0.29, 0.717) is 15.5 Å². The summed E-state index contributed by atoms with van der Waals surface area (Å²) < 4.78 is 0. The van der Waals surface area contributed by atoms with Gasteiger partial charge >= 0.3 is 0 Å². The SMILES string of the molecule is Cc1cc(N2CC3(CCCN(c4ccc5c(Cl)cc(Cl)cc5n4)C3)C2)ccn1. The summed E-state index contributed by atoms with van der Waals surface area (Å²) in [4.78, 5) is 14.1. The maximum absolute atomic E-state index is 6.31. The van der Waals surface area contributed by atoms with Gasteiger partial charge in [0.1, 0.15) is 5.82 Å². The minimum absolute atomic E-state index is 0.345. The second-order valence-corrected chi connectivity index (χ2v) is 9.00. The summed E-state index contributed by atoms with van der Waals surface area (Å²) in [6, 6.07) is 12.1. The maximum atomic E-state index is 6.31. The van der Waals surface area contributed by atoms with Crippen LogP contribution in [0.15, 0.2) is 42.6 Å². The van der Waals surface area contributed by atoms with E-state index in [0.717, 1.165) is 48.6 Å². The summed E-state index contributed by atoms with van der Waals surface area (Å²) in [5, 5.41) is 2.22. The van der Waals surface area contributed by atoms with Crippen LogP contribution < -0.4 is 9.80 Å². The smallest absolute Gasteiger partial charge is 0.129 e. The van der Waals surface area contributed by atoms with Crippen molar-refractivity contribution in [3.05, 3.63) is 58.3 Å². The summed E-state index contributed by atoms with van der Waals surface area (Å²) in [5.41, 5.74) is 3.56. The highest BCUT2D eigenvalue weighted by Gasteiger charge is 2.46. The molecule has 0 aliphatic carbocycles. The molecule has 0 N–H and O–H groups in total. The molecule has 0 amide bonds. The molecule has 3 aromatic rings. The van der Waals surface area contributed by atoms with Crippen LogP contribution in [0.25, 0.3) is 10.9 Å². The molecule has 2 fully saturated rings. The Morgan fingerprint density at radius 3 is 2.64 bits per heavy atom. The zero-order chi connectivity index (χ0) is 19.3. The van der Waals surface area contributed by atoms with Gasteiger partial charge in [0.2, 0.25) is 0 Å². The Morgan fingerprint density at radius 2 is 1.82 bits per heavy atom. The van der Waals surface area contributed by atoms with Crippen molar-refractivity contribution in [2.45, 2.75) is 19.8 Å². The Morgan fingerprint density at radius 1 is 1.00 bits per heavy atom. The molecule has 144 valence electrons. The highest BCUT2D eigenvalue weighted by atomic mass is 35.5. The molecule has 0 unspecified atom stereocenters. The molecule has 5 rings (SSSR count). The fourth-order valence-corrected chi connectivity index (χ4v) is 5.20. The molecule has 2 aliphatic heterocycles. The first-order valence-electron chi connectivity index (χ1n) is 9.70. The van der Waals surface area contributed by atoms with Crippen LogP contribution in [0.1, 0.15) is 18.5 Å². The molecule has 0 atom stereocenters. The first-order valence-corrected chi connectivity index (χ1v) is 10.5. The van der Waals surface area contributed by atoms with Crippen molar-refractivity contribution in [3.8, 4) is 0 Å². The lowest BCUT2D eigenvalue weighted by Crippen LogP contribution is -2.63. The van der Waals surface area contributed by atoms with Crippen molar-refractivity contribution in [3.63, 3.8) is 0 Å². The van der Waals surface area contributed by atoms with E-state index in [9.17, 15) is 0 Å². The van der Waals surface area contributed by atoms with E-state index < -0.39 is 0 Å². The zero-order valence-corrected chi connectivity index (χ0v) is 17.3. The predicted molar refractivity (Wildman–Crippen MR) is 117 cm³/mol. The predicted octanol–water partition coefficient (Wildman–Crippen LogP) is 5.35. The number of hydrogen-bond donors (Lipinski definition) is 0. The van der Waals surface area contributed by atoms with Crippen LogP contribution in [-0.2, 0) is 0 Å². The summed E-state index contributed by atoms with van der Waals surface area (Å²) in [7, 11) is 0. The monoisotopic (exact) mass is 412 g/mol. The molecule has 2 saturated heterocycles. The number of rotatable bonds is 2. The number of aryl methyl sites for hydroxylation is 1. The van der Waals surface area contributed by atoms with Gasteiger partial charge in [-0.25, -0.2) is 4.98 Å². The lowest BCUT2D eigenvalue weighted by atomic mass is 9.73. The van der Waals surface area contributed by atoms with E-state index in [4.69, 9.17) is 28.2 Å². The number of nitrogens with zero attached hydrogens (tertiary/aromatic N) is 4. The minimum atomic E-state index is 0.345. The highest BCUT2D eigenvalue weighted by Crippen LogP contribution is 2.42. The van der Waals surface area contributed by atoms with E-state index >= 15 is 0 Å². The molecule has 0 bridgehead atoms. The molecule has 2 aliphatic rings. The molecule has 2 aromatic heterocycles. The molecule has 4 heterocycles. The van der Waals surface area contributed by atoms with Gasteiger partial charge in [-0.15, -0.1) is 0 Å². The summed E-state index contributed by atoms with van der Waals surface area (Å²) >= 11 is 12.5. The van der Waals surface area contributed by atoms with E-state index in [2.05, 4.69) is 39.0 Å². The number of benzene rings is 1. The number of halogens is 2. The average Bonchev–Trinajstić information content (AvgIpc) is 2.65. The van der Waals surface area contributed by atoms with Gasteiger partial charge in [0, 0.05) is 59.6 Å². The molecule has 0 saturated carbocycles. The second-order valence-electron chi connectivity index (χ2n) is 8.16. The third-order valence-electron chi connectivity index (χ3n) is 5.99. The maximum Gasteiger partial charge on any atom is 0.129 e. The number of anilines is 2. The van der Waals surface area contributed by atoms with Crippen LogP contribution in [0.4, 0.5) is 11.5 Å². The lowest BCUT2D eigenvalue weighted by molar-refractivity contribution is 0.174. The number of pyridine rings is 2. The first kappa shape index (κ1) is 18.0. The van der Waals surface area contributed by atoms with Crippen molar-refractivity contribution in [1.82, 2.24) is 9.97 Å². The van der Waals surface area contributed by atoms with Crippen LogP contribution >= 0.6 is 23.2 Å². The van der Waals surface area contributed by atoms with Gasteiger partial charge in [0.15, 0.2) is 0 Å². The molecular formula is C22H22Cl2N4. The number of fused-ring (bicyclic) bond motifs is 1. The molecule has 1 spiro atoms. The third kappa shape index (κ3) is 3.19. The highest BCUT2D eigenvalue weighted by molar-refractivity contribution is 6.38. The Balaban J connectivity index is 1.36. The largest absolute Gasteiger partial charge is 0.370 e. The van der Waals surface area contributed by atoms with Gasteiger partial charge in [-0.2, -0.15) is 0 Å². The Kier molecular flexibility index (Phi) is 4.37. The summed E-state index contributed by atoms with van der Waals surface area (Å²) in [6.45, 7) is 6.32. The van der Waals surface area contributed by atoms with Crippen LogP contribution in [-0.4, -0.2) is 36.1 Å². The van der Waals surface area contributed by atoms with Crippen molar-refractivity contribution in [2.24, 2.45) is 5.41 Å². The number of aromatic nitrogens is 2. The van der Waals surface area contributed by atoms with Gasteiger partial charge in [0.25, 0.3) is 0 Å². The van der Waals surface area contributed by atoms with Crippen LogP contribution in [0, 0.1) is 12.3 Å². The van der Waals surface area contributed by atoms with E-state index in [1.807, 2.05) is 19.2 Å². The van der Waals surface area contributed by atoms with Gasteiger partial charge < -0.3 is 9.80 Å². The van der Waals surface area contributed by atoms with Crippen molar-refractivity contribution in [1.29, 1.82) is 0 Å². The Hall–Kier alpha value is -2.04. The Bertz CT molecular complexity index is 1050. The van der Waals surface area contributed by atoms with Crippen molar-refractivity contribution in [2.75, 3.05) is 36.0 Å². The quantitative estimate of drug-likeness (QED) is 0.567. The number of piperidine rings is 1. The first-order chi connectivity index (χ1) is 13.5. The number of hydrogen-bond acceptors (Lipinski definition) is 4. The van der Waals surface area contributed by atoms with Crippen molar-refractivity contribution < 1.29 is 0 Å². The summed E-state index contributed by atoms with van der Waals surface area (Å²) in [5.74, 6) is 1.02. The van der Waals surface area contributed by atoms with E-state index in [-0.39, 0.29) is 0 Å². The second kappa shape index (κ2) is 6.78. The van der Waals surface area contributed by atoms with E-state index in [1.54, 1.807) is 6.07 Å². The van der Waals surface area contributed by atoms with Crippen LogP contribution in [0.5, 0.6) is 0 Å². The topological polar surface area (TPSA) is 32.3 Å². The molecule has 6 heteroatoms. The van der Waals surface area contributed by atoms with Crippen LogP contribution in [0.2, 0.25) is 10.0 Å². The Labute approximate surface area is 175 Å². The molecule has 1 aromatic carbocycles. The molecule has 4 nitrogen and oxygen atoms in total. The fourth-order valence-electron chi connectivity index (χ4n) is 4.66. The van der Waals surface area contributed by atoms with E-state index in [1.165, 1.54) is 18.5 Å². The average molecular weight is 413 g/mol. The fraction of sp³-hybridized carbons (Fsp3) is 0.364. The molecular weight excluding hydrogens is 391 g/mol. The van der Waals surface area contributed by atoms with Crippen molar-refractivity contribution >= 4 is 45.6 Å². The summed E-state index contributed by atoms with van der Waals surface area (Å²) in [6.07, 6.45) is 4.37. The van der Waals surface area contributed by atoms with Gasteiger partial charge in [0.05, 0.1) is 10.5 Å². The zero-order valence-electron chi connectivity index (χ0n) is 15.8. The molecule has 0 radical (unpaired) electrons. The van der Waals surface area contributed by atoms with Gasteiger partial charge in [-0.1, -0.05) is 23.2 Å². The van der Waals surface area contributed by atoms with Crippen LogP contribution in [0.3, 0.4) is 0 Å². The van der Waals surface area contributed by atoms with Gasteiger partial charge in [-0.3, -0.25) is 4.98 Å². The normalized spacial score (nSPS) is 18.5. The standard InChI is InChI=1S/C22H22Cl2N4/c1-15-9-17(5-7-25-15)28-13-22(14-28)6-2-8-27(12-22)21-4-3-18-19(24)10-16(23)11-20(18)26-21/h3-5,7,9-11H,2,6,8,12-14H2,1H3. The third-order valence-corrected chi connectivity index (χ3v) is 6.52. The minimum Gasteiger partial charge on any atom is -0.370 e. The molecule has 28 heavy (non-hydrogen) atoms. The van der Waals surface area contributed by atoms with Gasteiger partial charge in [-0.05, 0) is 56.2 Å².